The molecule has 0 bridgehead atoms. The lowest BCUT2D eigenvalue weighted by Gasteiger charge is -2.16. The summed E-state index contributed by atoms with van der Waals surface area (Å²) in [6.45, 7) is 1.08. The molecule has 1 aromatic heterocycles. The lowest BCUT2D eigenvalue weighted by Crippen LogP contribution is -2.34. The number of anilines is 1. The van der Waals surface area contributed by atoms with Gasteiger partial charge in [0.1, 0.15) is 0 Å². The third kappa shape index (κ3) is 4.06. The second-order valence-corrected chi connectivity index (χ2v) is 7.87. The molecule has 132 valence electrons. The van der Waals surface area contributed by atoms with E-state index in [4.69, 9.17) is 16.6 Å². The van der Waals surface area contributed by atoms with Crippen LogP contribution in [0, 0.1) is 0 Å². The van der Waals surface area contributed by atoms with Crippen LogP contribution in [0.3, 0.4) is 0 Å². The van der Waals surface area contributed by atoms with Gasteiger partial charge in [0, 0.05) is 18.8 Å². The molecule has 1 aromatic carbocycles. The average molecular weight is 379 g/mol. The monoisotopic (exact) mass is 379 g/mol. The number of furan rings is 1. The van der Waals surface area contributed by atoms with E-state index >= 15 is 0 Å². The molecule has 3 rings (SSSR count). The minimum Gasteiger partial charge on any atom is -0.459 e. The third-order valence-corrected chi connectivity index (χ3v) is 5.87. The van der Waals surface area contributed by atoms with E-state index in [1.807, 2.05) is 0 Å². The zero-order valence-corrected chi connectivity index (χ0v) is 14.9. The zero-order valence-electron chi connectivity index (χ0n) is 13.3. The van der Waals surface area contributed by atoms with Gasteiger partial charge in [-0.2, -0.15) is 4.31 Å². The maximum Gasteiger partial charge on any atom is 0.293 e. The highest BCUT2D eigenvalue weighted by molar-refractivity contribution is 7.89. The molecule has 1 amide bonds. The molecule has 9 heteroatoms. The summed E-state index contributed by atoms with van der Waals surface area (Å²) in [5.41, 5.74) is 0.477. The Morgan fingerprint density at radius 3 is 2.60 bits per heavy atom. The van der Waals surface area contributed by atoms with Crippen molar-refractivity contribution in [1.82, 2.24) is 9.62 Å². The van der Waals surface area contributed by atoms with Crippen LogP contribution in [-0.2, 0) is 10.0 Å². The molecule has 25 heavy (non-hydrogen) atoms. The molecule has 0 unspecified atom stereocenters. The lowest BCUT2D eigenvalue weighted by atomic mass is 10.3. The van der Waals surface area contributed by atoms with E-state index < -0.39 is 15.9 Å². The molecule has 1 aliphatic rings. The van der Waals surface area contributed by atoms with Crippen molar-refractivity contribution in [3.05, 3.63) is 48.4 Å². The van der Waals surface area contributed by atoms with Crippen LogP contribution in [0.2, 0.25) is 0 Å². The zero-order chi connectivity index (χ0) is 17.9. The number of thiocarbonyl (C=S) groups is 1. The van der Waals surface area contributed by atoms with Crippen LogP contribution >= 0.6 is 12.2 Å². The van der Waals surface area contributed by atoms with Crippen LogP contribution in [0.25, 0.3) is 0 Å². The summed E-state index contributed by atoms with van der Waals surface area (Å²) in [5, 5.41) is 5.34. The van der Waals surface area contributed by atoms with Crippen molar-refractivity contribution in [2.24, 2.45) is 0 Å². The summed E-state index contributed by atoms with van der Waals surface area (Å²) in [7, 11) is -3.51. The first kappa shape index (κ1) is 17.6. The smallest absolute Gasteiger partial charge is 0.293 e. The van der Waals surface area contributed by atoms with Gasteiger partial charge >= 0.3 is 0 Å². The van der Waals surface area contributed by atoms with E-state index in [-0.39, 0.29) is 15.8 Å². The van der Waals surface area contributed by atoms with Gasteiger partial charge < -0.3 is 9.73 Å². The Morgan fingerprint density at radius 2 is 1.92 bits per heavy atom. The first-order valence-electron chi connectivity index (χ1n) is 7.73. The number of carbonyl (C=O) groups is 1. The summed E-state index contributed by atoms with van der Waals surface area (Å²) in [4.78, 5) is 12.1. The van der Waals surface area contributed by atoms with Crippen LogP contribution in [-0.4, -0.2) is 36.8 Å². The third-order valence-electron chi connectivity index (χ3n) is 3.77. The van der Waals surface area contributed by atoms with Crippen molar-refractivity contribution in [2.75, 3.05) is 18.4 Å². The molecule has 0 atom stereocenters. The second kappa shape index (κ2) is 7.34. The molecule has 2 heterocycles. The van der Waals surface area contributed by atoms with Crippen LogP contribution in [0.4, 0.5) is 5.69 Å². The fraction of sp³-hybridized carbons (Fsp3) is 0.250. The van der Waals surface area contributed by atoms with Crippen molar-refractivity contribution < 1.29 is 17.6 Å². The number of amides is 1. The van der Waals surface area contributed by atoms with Crippen molar-refractivity contribution >= 4 is 38.9 Å². The molecule has 0 saturated carbocycles. The van der Waals surface area contributed by atoms with E-state index in [1.165, 1.54) is 22.7 Å². The van der Waals surface area contributed by atoms with Crippen LogP contribution in [0.15, 0.2) is 52.0 Å². The Morgan fingerprint density at radius 1 is 1.16 bits per heavy atom. The average Bonchev–Trinajstić information content (AvgIpc) is 3.29. The fourth-order valence-electron chi connectivity index (χ4n) is 2.55. The first-order valence-corrected chi connectivity index (χ1v) is 9.58. The standard InChI is InChI=1S/C16H17N3O4S2/c20-15(14-7-4-10-23-14)18-16(24)17-12-5-3-6-13(11-12)25(21,22)19-8-1-2-9-19/h3-7,10-11H,1-2,8-9H2,(H2,17,18,20,24). The molecule has 0 spiro atoms. The normalized spacial score (nSPS) is 15.0. The molecule has 2 N–H and O–H groups in total. The Balaban J connectivity index is 1.69. The van der Waals surface area contributed by atoms with Crippen LogP contribution in [0.1, 0.15) is 23.4 Å². The van der Waals surface area contributed by atoms with Crippen molar-refractivity contribution in [2.45, 2.75) is 17.7 Å². The van der Waals surface area contributed by atoms with Gasteiger partial charge in [0.15, 0.2) is 10.9 Å². The highest BCUT2D eigenvalue weighted by Gasteiger charge is 2.27. The summed E-state index contributed by atoms with van der Waals surface area (Å²) in [6.07, 6.45) is 3.14. The largest absolute Gasteiger partial charge is 0.459 e. The summed E-state index contributed by atoms with van der Waals surface area (Å²) in [5.74, 6) is -0.349. The summed E-state index contributed by atoms with van der Waals surface area (Å²) < 4.78 is 31.6. The highest BCUT2D eigenvalue weighted by Crippen LogP contribution is 2.23. The molecule has 1 fully saturated rings. The predicted octanol–water partition coefficient (Wildman–Crippen LogP) is 2.19. The quantitative estimate of drug-likeness (QED) is 0.792. The van der Waals surface area contributed by atoms with Gasteiger partial charge in [0.05, 0.1) is 11.2 Å². The Hall–Kier alpha value is -2.23. The molecule has 1 aliphatic heterocycles. The molecule has 7 nitrogen and oxygen atoms in total. The van der Waals surface area contributed by atoms with E-state index in [9.17, 15) is 13.2 Å². The van der Waals surface area contributed by atoms with Crippen molar-refractivity contribution in [3.63, 3.8) is 0 Å². The fourth-order valence-corrected chi connectivity index (χ4v) is 4.32. The number of hydrogen-bond acceptors (Lipinski definition) is 5. The summed E-state index contributed by atoms with van der Waals surface area (Å²) >= 11 is 5.09. The number of rotatable bonds is 4. The van der Waals surface area contributed by atoms with Gasteiger partial charge in [-0.05, 0) is 55.4 Å². The topological polar surface area (TPSA) is 91.7 Å². The van der Waals surface area contributed by atoms with Gasteiger partial charge in [-0.1, -0.05) is 6.07 Å². The molecule has 0 aliphatic carbocycles. The Kier molecular flexibility index (Phi) is 5.16. The summed E-state index contributed by atoms with van der Waals surface area (Å²) in [6, 6.07) is 9.46. The predicted molar refractivity (Wildman–Crippen MR) is 96.8 cm³/mol. The number of hydrogen-bond donors (Lipinski definition) is 2. The highest BCUT2D eigenvalue weighted by atomic mass is 32.2. The number of benzene rings is 1. The van der Waals surface area contributed by atoms with Gasteiger partial charge in [-0.3, -0.25) is 10.1 Å². The maximum absolute atomic E-state index is 12.6. The van der Waals surface area contributed by atoms with E-state index in [1.54, 1.807) is 24.3 Å². The Bertz CT molecular complexity index is 873. The molecular formula is C16H17N3O4S2. The number of nitrogens with one attached hydrogen (secondary N) is 2. The maximum atomic E-state index is 12.6. The molecular weight excluding hydrogens is 362 g/mol. The molecule has 1 saturated heterocycles. The molecule has 2 aromatic rings. The number of carbonyl (C=O) groups excluding carboxylic acids is 1. The van der Waals surface area contributed by atoms with Crippen LogP contribution < -0.4 is 10.6 Å². The van der Waals surface area contributed by atoms with E-state index in [0.29, 0.717) is 18.8 Å². The van der Waals surface area contributed by atoms with E-state index in [0.717, 1.165) is 12.8 Å². The second-order valence-electron chi connectivity index (χ2n) is 5.52. The Labute approximate surface area is 151 Å². The van der Waals surface area contributed by atoms with Crippen molar-refractivity contribution in [3.8, 4) is 0 Å². The van der Waals surface area contributed by atoms with Gasteiger partial charge in [-0.15, -0.1) is 0 Å². The number of sulfonamides is 1. The SMILES string of the molecule is O=C(NC(=S)Nc1cccc(S(=O)(=O)N2CCCC2)c1)c1ccco1. The van der Waals surface area contributed by atoms with E-state index in [2.05, 4.69) is 10.6 Å². The molecule has 0 radical (unpaired) electrons. The van der Waals surface area contributed by atoms with Gasteiger partial charge in [0.25, 0.3) is 5.91 Å². The minimum absolute atomic E-state index is 0.0529. The lowest BCUT2D eigenvalue weighted by molar-refractivity contribution is 0.0950. The first-order chi connectivity index (χ1) is 12.0. The number of nitrogens with zero attached hydrogens (tertiary/aromatic N) is 1. The van der Waals surface area contributed by atoms with Gasteiger partial charge in [-0.25, -0.2) is 8.42 Å². The van der Waals surface area contributed by atoms with Crippen LogP contribution in [0.5, 0.6) is 0 Å². The van der Waals surface area contributed by atoms with Gasteiger partial charge in [0.2, 0.25) is 10.0 Å². The van der Waals surface area contributed by atoms with Crippen molar-refractivity contribution in [1.29, 1.82) is 0 Å². The minimum atomic E-state index is -3.51.